The van der Waals surface area contributed by atoms with Gasteiger partial charge in [-0.15, -0.1) is 5.10 Å². The number of nitrogens with zero attached hydrogens (tertiary/aromatic N) is 3. The second kappa shape index (κ2) is 11.2. The van der Waals surface area contributed by atoms with E-state index in [1.54, 1.807) is 31.4 Å². The molecule has 0 bridgehead atoms. The van der Waals surface area contributed by atoms with Crippen molar-refractivity contribution in [2.45, 2.75) is 39.0 Å². The number of thiazole rings is 1. The summed E-state index contributed by atoms with van der Waals surface area (Å²) in [5.74, 6) is 1.72. The van der Waals surface area contributed by atoms with Crippen LogP contribution < -0.4 is 19.6 Å². The van der Waals surface area contributed by atoms with E-state index in [4.69, 9.17) is 32.7 Å². The van der Waals surface area contributed by atoms with Gasteiger partial charge in [0.25, 0.3) is 5.56 Å². The minimum absolute atomic E-state index is 0.241. The second-order valence-corrected chi connectivity index (χ2v) is 9.70. The maximum absolute atomic E-state index is 12.9. The normalized spacial score (nSPS) is 11.9. The molecule has 2 aromatic carbocycles. The first kappa shape index (κ1) is 24.5. The number of ether oxygens (including phenoxy) is 2. The lowest BCUT2D eigenvalue weighted by Gasteiger charge is -2.11. The smallest absolute Gasteiger partial charge is 0.291 e. The van der Waals surface area contributed by atoms with Crippen molar-refractivity contribution in [3.8, 4) is 22.9 Å². The van der Waals surface area contributed by atoms with Gasteiger partial charge < -0.3 is 9.47 Å². The van der Waals surface area contributed by atoms with Gasteiger partial charge in [0, 0.05) is 10.6 Å². The second-order valence-electron chi connectivity index (χ2n) is 7.84. The standard InChI is InChI=1S/C25H25Cl2N3O3S/c1-3-4-5-6-7-12-33-20-11-8-16(13-21(20)32-2)14-22-24(31)30-25(34-22)28-23(29-30)18-10-9-17(26)15-19(18)27/h8-11,13-15H,3-7,12H2,1-2H3/b22-14-. The zero-order valence-corrected chi connectivity index (χ0v) is 21.3. The number of methoxy groups -OCH3 is 1. The molecular weight excluding hydrogens is 493 g/mol. The maximum Gasteiger partial charge on any atom is 0.291 e. The molecule has 0 atom stereocenters. The molecule has 34 heavy (non-hydrogen) atoms. The molecule has 6 nitrogen and oxygen atoms in total. The van der Waals surface area contributed by atoms with Gasteiger partial charge in [-0.1, -0.05) is 73.2 Å². The Bertz CT molecular complexity index is 1400. The molecule has 0 saturated carbocycles. The maximum atomic E-state index is 12.9. The molecule has 178 valence electrons. The predicted molar refractivity (Wildman–Crippen MR) is 139 cm³/mol. The summed E-state index contributed by atoms with van der Waals surface area (Å²) in [6.07, 6.45) is 7.69. The third kappa shape index (κ3) is 5.54. The van der Waals surface area contributed by atoms with Crippen molar-refractivity contribution < 1.29 is 9.47 Å². The van der Waals surface area contributed by atoms with E-state index in [2.05, 4.69) is 17.0 Å². The molecule has 4 rings (SSSR count). The fourth-order valence-electron chi connectivity index (χ4n) is 3.55. The van der Waals surface area contributed by atoms with Crippen LogP contribution in [0.25, 0.3) is 22.4 Å². The molecule has 0 saturated heterocycles. The third-order valence-electron chi connectivity index (χ3n) is 5.34. The van der Waals surface area contributed by atoms with Gasteiger partial charge in [0.1, 0.15) is 0 Å². The molecule has 0 amide bonds. The molecule has 0 aliphatic carbocycles. The highest BCUT2D eigenvalue weighted by molar-refractivity contribution is 7.15. The molecule has 0 unspecified atom stereocenters. The number of halogens is 2. The van der Waals surface area contributed by atoms with Gasteiger partial charge in [0.2, 0.25) is 4.96 Å². The molecular formula is C25H25Cl2N3O3S. The highest BCUT2D eigenvalue weighted by Gasteiger charge is 2.15. The number of rotatable bonds is 10. The van der Waals surface area contributed by atoms with Gasteiger partial charge in [0.15, 0.2) is 17.3 Å². The highest BCUT2D eigenvalue weighted by Crippen LogP contribution is 2.30. The summed E-state index contributed by atoms with van der Waals surface area (Å²) in [4.78, 5) is 17.9. The van der Waals surface area contributed by atoms with Gasteiger partial charge >= 0.3 is 0 Å². The lowest BCUT2D eigenvalue weighted by molar-refractivity contribution is 0.285. The summed E-state index contributed by atoms with van der Waals surface area (Å²) in [6, 6.07) is 10.7. The van der Waals surface area contributed by atoms with Crippen molar-refractivity contribution in [2.75, 3.05) is 13.7 Å². The first-order valence-corrected chi connectivity index (χ1v) is 12.7. The number of hydrogen-bond acceptors (Lipinski definition) is 6. The molecule has 2 aromatic heterocycles. The van der Waals surface area contributed by atoms with Crippen molar-refractivity contribution in [3.63, 3.8) is 0 Å². The van der Waals surface area contributed by atoms with Crippen LogP contribution in [0.1, 0.15) is 44.6 Å². The average molecular weight is 518 g/mol. The number of aromatic nitrogens is 3. The zero-order chi connectivity index (χ0) is 24.1. The quantitative estimate of drug-likeness (QED) is 0.240. The van der Waals surface area contributed by atoms with Gasteiger partial charge in [0.05, 0.1) is 23.3 Å². The lowest BCUT2D eigenvalue weighted by Crippen LogP contribution is -2.23. The summed E-state index contributed by atoms with van der Waals surface area (Å²) in [5.41, 5.74) is 1.21. The average Bonchev–Trinajstić information content (AvgIpc) is 3.35. The highest BCUT2D eigenvalue weighted by atomic mass is 35.5. The van der Waals surface area contributed by atoms with E-state index < -0.39 is 0 Å². The SMILES string of the molecule is CCCCCCCOc1ccc(/C=c2\sc3nc(-c4ccc(Cl)cc4Cl)nn3c2=O)cc1OC. The van der Waals surface area contributed by atoms with E-state index in [-0.39, 0.29) is 5.56 Å². The van der Waals surface area contributed by atoms with Gasteiger partial charge in [-0.3, -0.25) is 4.79 Å². The zero-order valence-electron chi connectivity index (χ0n) is 19.0. The van der Waals surface area contributed by atoms with Crippen LogP contribution in [0.2, 0.25) is 10.0 Å². The summed E-state index contributed by atoms with van der Waals surface area (Å²) >= 11 is 13.5. The molecule has 9 heteroatoms. The van der Waals surface area contributed by atoms with Crippen molar-refractivity contribution in [2.24, 2.45) is 0 Å². The third-order valence-corrected chi connectivity index (χ3v) is 6.85. The van der Waals surface area contributed by atoms with Crippen LogP contribution in [0, 0.1) is 0 Å². The first-order chi connectivity index (χ1) is 16.5. The van der Waals surface area contributed by atoms with Gasteiger partial charge in [-0.25, -0.2) is 0 Å². The van der Waals surface area contributed by atoms with Crippen molar-refractivity contribution >= 4 is 45.6 Å². The Hall–Kier alpha value is -2.61. The van der Waals surface area contributed by atoms with Crippen LogP contribution >= 0.6 is 34.5 Å². The van der Waals surface area contributed by atoms with Crippen molar-refractivity contribution in [1.29, 1.82) is 0 Å². The van der Waals surface area contributed by atoms with E-state index in [1.807, 2.05) is 18.2 Å². The summed E-state index contributed by atoms with van der Waals surface area (Å²) in [5, 5.41) is 5.31. The summed E-state index contributed by atoms with van der Waals surface area (Å²) in [6.45, 7) is 2.86. The topological polar surface area (TPSA) is 65.7 Å². The monoisotopic (exact) mass is 517 g/mol. The van der Waals surface area contributed by atoms with E-state index in [0.717, 1.165) is 18.4 Å². The first-order valence-electron chi connectivity index (χ1n) is 11.2. The Labute approximate surface area is 211 Å². The Kier molecular flexibility index (Phi) is 8.08. The molecule has 0 aliphatic heterocycles. The van der Waals surface area contributed by atoms with E-state index >= 15 is 0 Å². The van der Waals surface area contributed by atoms with E-state index in [9.17, 15) is 4.79 Å². The fourth-order valence-corrected chi connectivity index (χ4v) is 4.95. The molecule has 2 heterocycles. The minimum atomic E-state index is -0.241. The van der Waals surface area contributed by atoms with Gasteiger partial charge in [-0.05, 0) is 48.4 Å². The van der Waals surface area contributed by atoms with Gasteiger partial charge in [-0.2, -0.15) is 9.50 Å². The van der Waals surface area contributed by atoms with Crippen LogP contribution in [0.15, 0.2) is 41.2 Å². The Morgan fingerprint density at radius 2 is 1.88 bits per heavy atom. The van der Waals surface area contributed by atoms with Crippen molar-refractivity contribution in [1.82, 2.24) is 14.6 Å². The molecule has 0 spiro atoms. The van der Waals surface area contributed by atoms with E-state index in [1.165, 1.54) is 35.1 Å². The summed E-state index contributed by atoms with van der Waals surface area (Å²) in [7, 11) is 1.61. The predicted octanol–water partition coefficient (Wildman–Crippen LogP) is 6.03. The molecule has 0 aliphatic rings. The Morgan fingerprint density at radius 1 is 1.06 bits per heavy atom. The molecule has 0 radical (unpaired) electrons. The van der Waals surface area contributed by atoms with Crippen molar-refractivity contribution in [3.05, 3.63) is 66.9 Å². The van der Waals surface area contributed by atoms with Crippen LogP contribution in [-0.4, -0.2) is 28.3 Å². The number of hydrogen-bond donors (Lipinski definition) is 0. The Morgan fingerprint density at radius 3 is 2.62 bits per heavy atom. The van der Waals surface area contributed by atoms with Crippen LogP contribution in [-0.2, 0) is 0 Å². The fraction of sp³-hybridized carbons (Fsp3) is 0.320. The number of fused-ring (bicyclic) bond motifs is 1. The molecule has 0 fully saturated rings. The van der Waals surface area contributed by atoms with Crippen LogP contribution in [0.5, 0.6) is 11.5 Å². The number of unbranched alkanes of at least 4 members (excludes halogenated alkanes) is 4. The molecule has 0 N–H and O–H groups in total. The summed E-state index contributed by atoms with van der Waals surface area (Å²) < 4.78 is 13.2. The van der Waals surface area contributed by atoms with Crippen LogP contribution in [0.3, 0.4) is 0 Å². The van der Waals surface area contributed by atoms with E-state index in [0.29, 0.717) is 49.0 Å². The largest absolute Gasteiger partial charge is 0.493 e. The Balaban J connectivity index is 1.54. The lowest BCUT2D eigenvalue weighted by atomic mass is 10.1. The van der Waals surface area contributed by atoms with Crippen LogP contribution in [0.4, 0.5) is 0 Å². The molecule has 4 aromatic rings. The number of benzene rings is 2. The minimum Gasteiger partial charge on any atom is -0.493 e.